The van der Waals surface area contributed by atoms with Gasteiger partial charge in [-0.25, -0.2) is 0 Å². The van der Waals surface area contributed by atoms with Crippen LogP contribution in [-0.2, 0) is 4.79 Å². The molecular formula is C7H10F2O. The Morgan fingerprint density at radius 3 is 2.30 bits per heavy atom. The first-order chi connectivity index (χ1) is 4.77. The molecule has 0 aromatic heterocycles. The molecule has 0 unspecified atom stereocenters. The summed E-state index contributed by atoms with van der Waals surface area (Å²) in [5.74, 6) is 0. The maximum atomic E-state index is 11.3. The van der Waals surface area contributed by atoms with E-state index >= 15 is 0 Å². The zero-order valence-corrected chi connectivity index (χ0v) is 5.65. The van der Waals surface area contributed by atoms with Crippen molar-refractivity contribution in [1.29, 1.82) is 0 Å². The van der Waals surface area contributed by atoms with Gasteiger partial charge >= 0.3 is 0 Å². The van der Waals surface area contributed by atoms with E-state index in [1.54, 1.807) is 0 Å². The SMILES string of the molecule is O=CCCCCC=C(F)F. The lowest BCUT2D eigenvalue weighted by molar-refractivity contribution is -0.107. The molecule has 0 bridgehead atoms. The molecule has 0 fully saturated rings. The van der Waals surface area contributed by atoms with Crippen LogP contribution in [-0.4, -0.2) is 6.29 Å². The van der Waals surface area contributed by atoms with Crippen molar-refractivity contribution < 1.29 is 13.6 Å². The van der Waals surface area contributed by atoms with Gasteiger partial charge in [0.1, 0.15) is 6.29 Å². The second-order valence-corrected chi connectivity index (χ2v) is 1.94. The predicted octanol–water partition coefficient (Wildman–Crippen LogP) is 2.53. The minimum atomic E-state index is -1.63. The van der Waals surface area contributed by atoms with E-state index in [1.165, 1.54) is 0 Å². The molecule has 0 aliphatic rings. The van der Waals surface area contributed by atoms with Gasteiger partial charge in [0, 0.05) is 6.42 Å². The van der Waals surface area contributed by atoms with E-state index in [9.17, 15) is 13.6 Å². The predicted molar refractivity (Wildman–Crippen MR) is 34.8 cm³/mol. The number of rotatable bonds is 5. The topological polar surface area (TPSA) is 17.1 Å². The normalized spacial score (nSPS) is 9.00. The molecule has 0 saturated heterocycles. The Bertz CT molecular complexity index is 117. The summed E-state index contributed by atoms with van der Waals surface area (Å²) >= 11 is 0. The molecule has 0 aliphatic carbocycles. The molecule has 0 amide bonds. The Balaban J connectivity index is 3.05. The van der Waals surface area contributed by atoms with E-state index in [1.807, 2.05) is 0 Å². The van der Waals surface area contributed by atoms with Crippen molar-refractivity contribution in [2.75, 3.05) is 0 Å². The molecule has 0 spiro atoms. The van der Waals surface area contributed by atoms with Crippen LogP contribution in [0.2, 0.25) is 0 Å². The fourth-order valence-corrected chi connectivity index (χ4v) is 0.583. The van der Waals surface area contributed by atoms with Crippen LogP contribution in [0.15, 0.2) is 12.2 Å². The maximum Gasteiger partial charge on any atom is 0.266 e. The maximum absolute atomic E-state index is 11.3. The lowest BCUT2D eigenvalue weighted by Gasteiger charge is -1.88. The number of halogens is 2. The molecule has 0 aromatic rings. The highest BCUT2D eigenvalue weighted by molar-refractivity contribution is 5.48. The molecule has 0 heterocycles. The van der Waals surface area contributed by atoms with Gasteiger partial charge in [-0.2, -0.15) is 8.78 Å². The highest BCUT2D eigenvalue weighted by atomic mass is 19.3. The van der Waals surface area contributed by atoms with Crippen LogP contribution in [0.5, 0.6) is 0 Å². The lowest BCUT2D eigenvalue weighted by atomic mass is 10.2. The van der Waals surface area contributed by atoms with Crippen LogP contribution in [0.1, 0.15) is 25.7 Å². The first-order valence-corrected chi connectivity index (χ1v) is 3.22. The van der Waals surface area contributed by atoms with E-state index in [4.69, 9.17) is 0 Å². The third-order valence-corrected chi connectivity index (χ3v) is 1.07. The summed E-state index contributed by atoms with van der Waals surface area (Å²) in [6, 6.07) is 0. The molecule has 58 valence electrons. The fourth-order valence-electron chi connectivity index (χ4n) is 0.583. The Morgan fingerprint density at radius 2 is 1.80 bits per heavy atom. The van der Waals surface area contributed by atoms with E-state index in [2.05, 4.69) is 0 Å². The van der Waals surface area contributed by atoms with Gasteiger partial charge in [-0.1, -0.05) is 0 Å². The summed E-state index contributed by atoms with van der Waals surface area (Å²) in [6.07, 6.45) is 2.26. The number of aldehydes is 1. The molecule has 0 rings (SSSR count). The Morgan fingerprint density at radius 1 is 1.20 bits per heavy atom. The van der Waals surface area contributed by atoms with Crippen molar-refractivity contribution in [1.82, 2.24) is 0 Å². The molecule has 0 aromatic carbocycles. The van der Waals surface area contributed by atoms with E-state index in [0.717, 1.165) is 12.4 Å². The summed E-state index contributed by atoms with van der Waals surface area (Å²) < 4.78 is 22.7. The van der Waals surface area contributed by atoms with Gasteiger partial charge in [-0.05, 0) is 25.3 Å². The van der Waals surface area contributed by atoms with Crippen molar-refractivity contribution in [3.05, 3.63) is 12.2 Å². The monoisotopic (exact) mass is 148 g/mol. The van der Waals surface area contributed by atoms with Gasteiger partial charge in [0.2, 0.25) is 0 Å². The standard InChI is InChI=1S/C7H10F2O/c8-7(9)5-3-1-2-4-6-10/h5-6H,1-4H2. The number of carbonyl (C=O) groups excluding carboxylic acids is 1. The van der Waals surface area contributed by atoms with Gasteiger partial charge in [-0.15, -0.1) is 0 Å². The minimum Gasteiger partial charge on any atom is -0.303 e. The Kier molecular flexibility index (Phi) is 5.92. The van der Waals surface area contributed by atoms with Crippen LogP contribution in [0, 0.1) is 0 Å². The molecule has 3 heteroatoms. The summed E-state index contributed by atoms with van der Waals surface area (Å²) in [5.41, 5.74) is 0. The van der Waals surface area contributed by atoms with Gasteiger partial charge < -0.3 is 4.79 Å². The van der Waals surface area contributed by atoms with Crippen LogP contribution in [0.4, 0.5) is 8.78 Å². The molecular weight excluding hydrogens is 138 g/mol. The van der Waals surface area contributed by atoms with E-state index in [0.29, 0.717) is 25.7 Å². The summed E-state index contributed by atoms with van der Waals surface area (Å²) in [7, 11) is 0. The number of allylic oxidation sites excluding steroid dienone is 1. The highest BCUT2D eigenvalue weighted by Gasteiger charge is 1.88. The second-order valence-electron chi connectivity index (χ2n) is 1.94. The number of hydrogen-bond donors (Lipinski definition) is 0. The van der Waals surface area contributed by atoms with Crippen molar-refractivity contribution in [3.63, 3.8) is 0 Å². The third-order valence-electron chi connectivity index (χ3n) is 1.07. The summed E-state index contributed by atoms with van der Waals surface area (Å²) in [4.78, 5) is 9.74. The highest BCUT2D eigenvalue weighted by Crippen LogP contribution is 2.04. The molecule has 0 saturated carbocycles. The quantitative estimate of drug-likeness (QED) is 0.432. The zero-order chi connectivity index (χ0) is 7.82. The van der Waals surface area contributed by atoms with Gasteiger partial charge in [-0.3, -0.25) is 0 Å². The van der Waals surface area contributed by atoms with E-state index < -0.39 is 6.08 Å². The smallest absolute Gasteiger partial charge is 0.266 e. The zero-order valence-electron chi connectivity index (χ0n) is 5.65. The largest absolute Gasteiger partial charge is 0.303 e. The molecule has 10 heavy (non-hydrogen) atoms. The number of hydrogen-bond acceptors (Lipinski definition) is 1. The Hall–Kier alpha value is -0.730. The molecule has 0 radical (unpaired) electrons. The van der Waals surface area contributed by atoms with Crippen molar-refractivity contribution in [2.24, 2.45) is 0 Å². The third kappa shape index (κ3) is 7.27. The van der Waals surface area contributed by atoms with Crippen LogP contribution in [0.3, 0.4) is 0 Å². The average Bonchev–Trinajstić information content (AvgIpc) is 1.87. The van der Waals surface area contributed by atoms with E-state index in [-0.39, 0.29) is 0 Å². The summed E-state index contributed by atoms with van der Waals surface area (Å²) in [6.45, 7) is 0. The first-order valence-electron chi connectivity index (χ1n) is 3.22. The Labute approximate surface area is 58.7 Å². The van der Waals surface area contributed by atoms with Crippen molar-refractivity contribution in [2.45, 2.75) is 25.7 Å². The molecule has 1 nitrogen and oxygen atoms in total. The van der Waals surface area contributed by atoms with Gasteiger partial charge in [0.05, 0.1) is 0 Å². The van der Waals surface area contributed by atoms with Gasteiger partial charge in [0.15, 0.2) is 0 Å². The fraction of sp³-hybridized carbons (Fsp3) is 0.571. The summed E-state index contributed by atoms with van der Waals surface area (Å²) in [5, 5.41) is 0. The minimum absolute atomic E-state index is 0.371. The molecule has 0 aliphatic heterocycles. The van der Waals surface area contributed by atoms with Crippen LogP contribution < -0.4 is 0 Å². The van der Waals surface area contributed by atoms with Crippen LogP contribution >= 0.6 is 0 Å². The number of unbranched alkanes of at least 4 members (excludes halogenated alkanes) is 3. The second kappa shape index (κ2) is 6.39. The van der Waals surface area contributed by atoms with Crippen molar-refractivity contribution in [3.8, 4) is 0 Å². The van der Waals surface area contributed by atoms with Gasteiger partial charge in [0.25, 0.3) is 6.08 Å². The average molecular weight is 148 g/mol. The van der Waals surface area contributed by atoms with Crippen molar-refractivity contribution >= 4 is 6.29 Å². The number of carbonyl (C=O) groups is 1. The molecule has 0 atom stereocenters. The lowest BCUT2D eigenvalue weighted by Crippen LogP contribution is -1.76. The molecule has 0 N–H and O–H groups in total. The van der Waals surface area contributed by atoms with Crippen LogP contribution in [0.25, 0.3) is 0 Å². The first kappa shape index (κ1) is 9.27.